The Morgan fingerprint density at radius 2 is 2.44 bits per heavy atom. The van der Waals surface area contributed by atoms with Crippen molar-refractivity contribution in [2.24, 2.45) is 0 Å². The summed E-state index contributed by atoms with van der Waals surface area (Å²) in [6.07, 6.45) is 5.33. The second kappa shape index (κ2) is 5.51. The van der Waals surface area contributed by atoms with Gasteiger partial charge in [-0.3, -0.25) is 0 Å². The molecule has 2 rings (SSSR count). The van der Waals surface area contributed by atoms with E-state index in [1.807, 2.05) is 24.6 Å². The SMILES string of the molecule is CCc1ccsc1C(NC)C1=COCCC1. The summed E-state index contributed by atoms with van der Waals surface area (Å²) in [7, 11) is 2.03. The molecule has 2 heterocycles. The third-order valence-electron chi connectivity index (χ3n) is 3.05. The summed E-state index contributed by atoms with van der Waals surface area (Å²) in [5, 5.41) is 5.59. The number of ether oxygens (including phenoxy) is 1. The van der Waals surface area contributed by atoms with Gasteiger partial charge in [0.05, 0.1) is 18.9 Å². The quantitative estimate of drug-likeness (QED) is 0.868. The lowest BCUT2D eigenvalue weighted by Gasteiger charge is -2.23. The van der Waals surface area contributed by atoms with Crippen molar-refractivity contribution >= 4 is 11.3 Å². The number of hydrogen-bond acceptors (Lipinski definition) is 3. The molecule has 1 aliphatic heterocycles. The average molecular weight is 237 g/mol. The Labute approximate surface area is 101 Å². The summed E-state index contributed by atoms with van der Waals surface area (Å²) in [4.78, 5) is 1.45. The fourth-order valence-electron chi connectivity index (χ4n) is 2.17. The first kappa shape index (κ1) is 11.7. The highest BCUT2D eigenvalue weighted by molar-refractivity contribution is 7.10. The molecule has 0 saturated heterocycles. The highest BCUT2D eigenvalue weighted by atomic mass is 32.1. The maximum absolute atomic E-state index is 5.44. The highest BCUT2D eigenvalue weighted by Crippen LogP contribution is 2.33. The number of likely N-dealkylation sites (N-methyl/N-ethyl adjacent to an activating group) is 1. The minimum atomic E-state index is 0.343. The third kappa shape index (κ3) is 2.30. The smallest absolute Gasteiger partial charge is 0.0876 e. The third-order valence-corrected chi connectivity index (χ3v) is 4.07. The first-order valence-corrected chi connectivity index (χ1v) is 6.78. The molecular weight excluding hydrogens is 218 g/mol. The van der Waals surface area contributed by atoms with Gasteiger partial charge in [0.2, 0.25) is 0 Å². The van der Waals surface area contributed by atoms with Gasteiger partial charge in [0.1, 0.15) is 0 Å². The molecule has 1 N–H and O–H groups in total. The van der Waals surface area contributed by atoms with E-state index >= 15 is 0 Å². The lowest BCUT2D eigenvalue weighted by atomic mass is 9.98. The van der Waals surface area contributed by atoms with Crippen molar-refractivity contribution in [1.82, 2.24) is 5.32 Å². The Morgan fingerprint density at radius 1 is 1.56 bits per heavy atom. The molecule has 0 aromatic carbocycles. The molecule has 1 atom stereocenters. The standard InChI is InChI=1S/C13H19NOS/c1-3-10-6-8-16-13(10)12(14-2)11-5-4-7-15-9-11/h6,8-9,12,14H,3-5,7H2,1-2H3. The van der Waals surface area contributed by atoms with Gasteiger partial charge in [0.15, 0.2) is 0 Å². The van der Waals surface area contributed by atoms with Crippen LogP contribution >= 0.6 is 11.3 Å². The monoisotopic (exact) mass is 237 g/mol. The highest BCUT2D eigenvalue weighted by Gasteiger charge is 2.20. The predicted molar refractivity (Wildman–Crippen MR) is 68.8 cm³/mol. The molecule has 2 nitrogen and oxygen atoms in total. The van der Waals surface area contributed by atoms with Crippen LogP contribution in [0.3, 0.4) is 0 Å². The fraction of sp³-hybridized carbons (Fsp3) is 0.538. The Hall–Kier alpha value is -0.800. The van der Waals surface area contributed by atoms with E-state index in [-0.39, 0.29) is 0 Å². The van der Waals surface area contributed by atoms with Gasteiger partial charge in [0.25, 0.3) is 0 Å². The van der Waals surface area contributed by atoms with Crippen LogP contribution in [0.15, 0.2) is 23.3 Å². The van der Waals surface area contributed by atoms with Gasteiger partial charge in [-0.1, -0.05) is 6.92 Å². The topological polar surface area (TPSA) is 21.3 Å². The normalized spacial score (nSPS) is 17.8. The molecule has 1 aromatic heterocycles. The van der Waals surface area contributed by atoms with Crippen molar-refractivity contribution in [3.05, 3.63) is 33.7 Å². The van der Waals surface area contributed by atoms with E-state index in [0.717, 1.165) is 25.9 Å². The van der Waals surface area contributed by atoms with Gasteiger partial charge < -0.3 is 10.1 Å². The summed E-state index contributed by atoms with van der Waals surface area (Å²) >= 11 is 1.84. The van der Waals surface area contributed by atoms with Gasteiger partial charge in [-0.2, -0.15) is 0 Å². The zero-order valence-corrected chi connectivity index (χ0v) is 10.8. The van der Waals surface area contributed by atoms with Crippen LogP contribution in [0.4, 0.5) is 0 Å². The van der Waals surface area contributed by atoms with Crippen molar-refractivity contribution in [3.8, 4) is 0 Å². The van der Waals surface area contributed by atoms with E-state index in [9.17, 15) is 0 Å². The van der Waals surface area contributed by atoms with E-state index in [1.165, 1.54) is 16.0 Å². The van der Waals surface area contributed by atoms with E-state index < -0.39 is 0 Å². The number of aryl methyl sites for hydroxylation is 1. The lowest BCUT2D eigenvalue weighted by Crippen LogP contribution is -2.20. The number of rotatable bonds is 4. The molecule has 0 fully saturated rings. The molecule has 1 aromatic rings. The van der Waals surface area contributed by atoms with Crippen LogP contribution in [-0.2, 0) is 11.2 Å². The van der Waals surface area contributed by atoms with Crippen LogP contribution in [0.5, 0.6) is 0 Å². The average Bonchev–Trinajstić information content (AvgIpc) is 2.80. The first-order valence-electron chi connectivity index (χ1n) is 5.91. The number of hydrogen-bond donors (Lipinski definition) is 1. The maximum atomic E-state index is 5.44. The molecule has 0 spiro atoms. The molecule has 0 radical (unpaired) electrons. The van der Waals surface area contributed by atoms with Crippen LogP contribution in [0, 0.1) is 0 Å². The van der Waals surface area contributed by atoms with Gasteiger partial charge in [-0.15, -0.1) is 11.3 Å². The summed E-state index contributed by atoms with van der Waals surface area (Å²) < 4.78 is 5.44. The second-order valence-electron chi connectivity index (χ2n) is 4.05. The molecule has 1 unspecified atom stereocenters. The Morgan fingerprint density at radius 3 is 3.06 bits per heavy atom. The Balaban J connectivity index is 2.24. The van der Waals surface area contributed by atoms with Gasteiger partial charge >= 0.3 is 0 Å². The zero-order valence-electron chi connectivity index (χ0n) is 9.95. The van der Waals surface area contributed by atoms with E-state index in [4.69, 9.17) is 4.74 Å². The largest absolute Gasteiger partial charge is 0.501 e. The van der Waals surface area contributed by atoms with Crippen LogP contribution in [0.1, 0.15) is 36.2 Å². The Bertz CT molecular complexity index is 370. The molecule has 16 heavy (non-hydrogen) atoms. The van der Waals surface area contributed by atoms with Crippen molar-refractivity contribution < 1.29 is 4.74 Å². The summed E-state index contributed by atoms with van der Waals surface area (Å²) in [6, 6.07) is 2.57. The second-order valence-corrected chi connectivity index (χ2v) is 5.00. The van der Waals surface area contributed by atoms with Crippen molar-refractivity contribution in [1.29, 1.82) is 0 Å². The fourth-order valence-corrected chi connectivity index (χ4v) is 3.32. The molecule has 88 valence electrons. The zero-order chi connectivity index (χ0) is 11.4. The van der Waals surface area contributed by atoms with Gasteiger partial charge in [-0.05, 0) is 48.9 Å². The summed E-state index contributed by atoms with van der Waals surface area (Å²) in [6.45, 7) is 3.08. The molecule has 1 aliphatic rings. The molecule has 0 amide bonds. The maximum Gasteiger partial charge on any atom is 0.0876 e. The van der Waals surface area contributed by atoms with Crippen LogP contribution in [0.25, 0.3) is 0 Å². The molecular formula is C13H19NOS. The minimum absolute atomic E-state index is 0.343. The number of nitrogens with one attached hydrogen (secondary N) is 1. The van der Waals surface area contributed by atoms with Crippen molar-refractivity contribution in [2.45, 2.75) is 32.2 Å². The molecule has 3 heteroatoms. The predicted octanol–water partition coefficient (Wildman–Crippen LogP) is 3.27. The molecule has 0 bridgehead atoms. The molecule has 0 saturated carbocycles. The van der Waals surface area contributed by atoms with Crippen LogP contribution in [-0.4, -0.2) is 13.7 Å². The van der Waals surface area contributed by atoms with Crippen molar-refractivity contribution in [3.63, 3.8) is 0 Å². The molecule has 0 aliphatic carbocycles. The van der Waals surface area contributed by atoms with Gasteiger partial charge in [-0.25, -0.2) is 0 Å². The van der Waals surface area contributed by atoms with E-state index in [0.29, 0.717) is 6.04 Å². The van der Waals surface area contributed by atoms with Gasteiger partial charge in [0, 0.05) is 4.88 Å². The number of thiophene rings is 1. The Kier molecular flexibility index (Phi) is 4.02. The van der Waals surface area contributed by atoms with E-state index in [1.54, 1.807) is 0 Å². The van der Waals surface area contributed by atoms with Crippen molar-refractivity contribution in [2.75, 3.05) is 13.7 Å². The minimum Gasteiger partial charge on any atom is -0.501 e. The summed E-state index contributed by atoms with van der Waals surface area (Å²) in [5.74, 6) is 0. The van der Waals surface area contributed by atoms with E-state index in [2.05, 4.69) is 23.7 Å². The summed E-state index contributed by atoms with van der Waals surface area (Å²) in [5.41, 5.74) is 2.83. The van der Waals surface area contributed by atoms with Crippen LogP contribution < -0.4 is 5.32 Å². The first-order chi connectivity index (χ1) is 7.86. The lowest BCUT2D eigenvalue weighted by molar-refractivity contribution is 0.220. The van der Waals surface area contributed by atoms with Crippen LogP contribution in [0.2, 0.25) is 0 Å².